The van der Waals surface area contributed by atoms with Gasteiger partial charge in [-0.3, -0.25) is 0 Å². The zero-order chi connectivity index (χ0) is 17.9. The molecule has 3 N–H and O–H groups in total. The second-order valence-corrected chi connectivity index (χ2v) is 7.03. The lowest BCUT2D eigenvalue weighted by Crippen LogP contribution is -2.38. The summed E-state index contributed by atoms with van der Waals surface area (Å²) in [6.45, 7) is 9.68. The summed E-state index contributed by atoms with van der Waals surface area (Å²) in [5, 5.41) is 13.3. The van der Waals surface area contributed by atoms with E-state index < -0.39 is 0 Å². The maximum Gasteiger partial charge on any atom is 0.191 e. The number of nitrogens with zero attached hydrogens (tertiary/aromatic N) is 2. The van der Waals surface area contributed by atoms with E-state index in [1.165, 1.54) is 0 Å². The molecule has 0 radical (unpaired) electrons. The normalized spacial score (nSPS) is 11.2. The highest BCUT2D eigenvalue weighted by molar-refractivity contribution is 14.0. The minimum atomic E-state index is 0. The summed E-state index contributed by atoms with van der Waals surface area (Å²) in [4.78, 5) is 9.27. The van der Waals surface area contributed by atoms with E-state index in [9.17, 15) is 0 Å². The van der Waals surface area contributed by atoms with Gasteiger partial charge < -0.3 is 16.0 Å². The lowest BCUT2D eigenvalue weighted by Gasteiger charge is -2.11. The Labute approximate surface area is 178 Å². The van der Waals surface area contributed by atoms with Crippen LogP contribution in [0.3, 0.4) is 0 Å². The fraction of sp³-hybridized carbons (Fsp3) is 0.474. The van der Waals surface area contributed by atoms with Crippen molar-refractivity contribution in [2.75, 3.05) is 25.0 Å². The molecule has 0 fully saturated rings. The third-order valence-corrected chi connectivity index (χ3v) is 4.48. The summed E-state index contributed by atoms with van der Waals surface area (Å²) >= 11 is 1.68. The lowest BCUT2D eigenvalue weighted by atomic mass is 10.2. The van der Waals surface area contributed by atoms with Gasteiger partial charge in [0, 0.05) is 30.7 Å². The van der Waals surface area contributed by atoms with Crippen LogP contribution >= 0.6 is 35.3 Å². The number of para-hydroxylation sites is 1. The second kappa shape index (κ2) is 12.9. The number of rotatable bonds is 9. The van der Waals surface area contributed by atoms with Crippen LogP contribution in [0.2, 0.25) is 0 Å². The predicted octanol–water partition coefficient (Wildman–Crippen LogP) is 4.44. The first-order valence-electron chi connectivity index (χ1n) is 8.94. The van der Waals surface area contributed by atoms with Gasteiger partial charge in [-0.1, -0.05) is 32.0 Å². The molecular formula is C19H30IN5S. The van der Waals surface area contributed by atoms with E-state index >= 15 is 0 Å². The summed E-state index contributed by atoms with van der Waals surface area (Å²) in [6.07, 6.45) is 1.02. The average Bonchev–Trinajstić information content (AvgIpc) is 3.09. The molecule has 2 aromatic rings. The molecule has 1 aromatic heterocycles. The molecule has 26 heavy (non-hydrogen) atoms. The number of benzene rings is 1. The molecule has 0 saturated carbocycles. The molecule has 0 unspecified atom stereocenters. The van der Waals surface area contributed by atoms with Gasteiger partial charge in [0.15, 0.2) is 5.96 Å². The zero-order valence-corrected chi connectivity index (χ0v) is 18.9. The highest BCUT2D eigenvalue weighted by Gasteiger charge is 2.05. The van der Waals surface area contributed by atoms with E-state index in [2.05, 4.69) is 64.2 Å². The van der Waals surface area contributed by atoms with Crippen LogP contribution in [0, 0.1) is 0 Å². The van der Waals surface area contributed by atoms with E-state index in [1.54, 1.807) is 11.3 Å². The van der Waals surface area contributed by atoms with Gasteiger partial charge in [-0.05, 0) is 31.4 Å². The van der Waals surface area contributed by atoms with Gasteiger partial charge in [0.2, 0.25) is 0 Å². The second-order valence-electron chi connectivity index (χ2n) is 6.09. The third-order valence-electron chi connectivity index (χ3n) is 3.63. The number of guanidine groups is 1. The lowest BCUT2D eigenvalue weighted by molar-refractivity contribution is 0.763. The Morgan fingerprint density at radius 1 is 1.15 bits per heavy atom. The third kappa shape index (κ3) is 8.35. The Balaban J connectivity index is 0.00000338. The van der Waals surface area contributed by atoms with Crippen molar-refractivity contribution in [2.45, 2.75) is 39.7 Å². The molecule has 0 aliphatic rings. The molecule has 1 heterocycles. The van der Waals surface area contributed by atoms with E-state index in [4.69, 9.17) is 0 Å². The first-order chi connectivity index (χ1) is 12.2. The van der Waals surface area contributed by atoms with Gasteiger partial charge in [-0.25, -0.2) is 9.98 Å². The van der Waals surface area contributed by atoms with Crippen molar-refractivity contribution in [3.8, 4) is 0 Å². The number of thiazole rings is 1. The Morgan fingerprint density at radius 2 is 1.92 bits per heavy atom. The maximum absolute atomic E-state index is 4.63. The van der Waals surface area contributed by atoms with Gasteiger partial charge >= 0.3 is 0 Å². The molecule has 5 nitrogen and oxygen atoms in total. The monoisotopic (exact) mass is 487 g/mol. The number of halogens is 1. The minimum Gasteiger partial charge on any atom is -0.385 e. The summed E-state index contributed by atoms with van der Waals surface area (Å²) in [5.74, 6) is 1.32. The van der Waals surface area contributed by atoms with Gasteiger partial charge in [0.1, 0.15) is 5.01 Å². The van der Waals surface area contributed by atoms with E-state index in [0.29, 0.717) is 12.5 Å². The molecule has 0 bridgehead atoms. The molecule has 0 saturated heterocycles. The highest BCUT2D eigenvalue weighted by Crippen LogP contribution is 2.18. The van der Waals surface area contributed by atoms with Crippen LogP contribution in [0.4, 0.5) is 5.69 Å². The average molecular weight is 487 g/mol. The SMILES string of the molecule is CCNC(=NCc1nc(C(C)C)cs1)NCCCNc1ccccc1.I. The molecule has 1 aromatic carbocycles. The van der Waals surface area contributed by atoms with Crippen molar-refractivity contribution in [2.24, 2.45) is 4.99 Å². The predicted molar refractivity (Wildman–Crippen MR) is 124 cm³/mol. The number of anilines is 1. The summed E-state index contributed by atoms with van der Waals surface area (Å²) in [6, 6.07) is 10.3. The Morgan fingerprint density at radius 3 is 2.58 bits per heavy atom. The summed E-state index contributed by atoms with van der Waals surface area (Å²) < 4.78 is 0. The Kier molecular flexibility index (Phi) is 11.3. The summed E-state index contributed by atoms with van der Waals surface area (Å²) in [5.41, 5.74) is 2.31. The van der Waals surface area contributed by atoms with Crippen LogP contribution < -0.4 is 16.0 Å². The van der Waals surface area contributed by atoms with Crippen LogP contribution in [0.25, 0.3) is 0 Å². The zero-order valence-electron chi connectivity index (χ0n) is 15.8. The van der Waals surface area contributed by atoms with Crippen LogP contribution in [0.5, 0.6) is 0 Å². The molecule has 0 aliphatic heterocycles. The van der Waals surface area contributed by atoms with Crippen molar-refractivity contribution in [3.63, 3.8) is 0 Å². The molecule has 0 atom stereocenters. The number of aromatic nitrogens is 1. The van der Waals surface area contributed by atoms with Crippen molar-refractivity contribution < 1.29 is 0 Å². The van der Waals surface area contributed by atoms with Crippen molar-refractivity contribution in [3.05, 3.63) is 46.4 Å². The van der Waals surface area contributed by atoms with E-state index in [-0.39, 0.29) is 24.0 Å². The molecule has 2 rings (SSSR count). The maximum atomic E-state index is 4.63. The van der Waals surface area contributed by atoms with Crippen LogP contribution in [0.1, 0.15) is 43.8 Å². The smallest absolute Gasteiger partial charge is 0.191 e. The van der Waals surface area contributed by atoms with Crippen molar-refractivity contribution in [1.82, 2.24) is 15.6 Å². The molecule has 144 valence electrons. The van der Waals surface area contributed by atoms with Crippen molar-refractivity contribution in [1.29, 1.82) is 0 Å². The fourth-order valence-corrected chi connectivity index (χ4v) is 3.11. The Hall–Kier alpha value is -1.35. The standard InChI is InChI=1S/C19H29N5S.HI/c1-4-20-19(23-13-18-24-17(14-25-18)15(2)3)22-12-8-11-21-16-9-6-5-7-10-16;/h5-7,9-10,14-15,21H,4,8,11-13H2,1-3H3,(H2,20,22,23);1H. The number of nitrogens with one attached hydrogen (secondary N) is 3. The molecule has 0 aliphatic carbocycles. The largest absolute Gasteiger partial charge is 0.385 e. The van der Waals surface area contributed by atoms with E-state index in [1.807, 2.05) is 18.2 Å². The first-order valence-corrected chi connectivity index (χ1v) is 9.82. The number of aliphatic imine (C=N–C) groups is 1. The number of hydrogen-bond donors (Lipinski definition) is 3. The van der Waals surface area contributed by atoms with Crippen LogP contribution in [-0.2, 0) is 6.54 Å². The van der Waals surface area contributed by atoms with Crippen molar-refractivity contribution >= 4 is 47.0 Å². The van der Waals surface area contributed by atoms with Gasteiger partial charge in [-0.15, -0.1) is 35.3 Å². The first kappa shape index (κ1) is 22.7. The van der Waals surface area contributed by atoms with E-state index in [0.717, 1.165) is 48.4 Å². The minimum absolute atomic E-state index is 0. The van der Waals surface area contributed by atoms with Crippen LogP contribution in [-0.4, -0.2) is 30.6 Å². The Bertz CT molecular complexity index is 642. The molecule has 7 heteroatoms. The molecular weight excluding hydrogens is 457 g/mol. The quantitative estimate of drug-likeness (QED) is 0.212. The summed E-state index contributed by atoms with van der Waals surface area (Å²) in [7, 11) is 0. The highest BCUT2D eigenvalue weighted by atomic mass is 127. The number of hydrogen-bond acceptors (Lipinski definition) is 4. The van der Waals surface area contributed by atoms with Crippen LogP contribution in [0.15, 0.2) is 40.7 Å². The molecule has 0 amide bonds. The van der Waals surface area contributed by atoms with Gasteiger partial charge in [0.25, 0.3) is 0 Å². The molecule has 0 spiro atoms. The topological polar surface area (TPSA) is 61.3 Å². The van der Waals surface area contributed by atoms with Gasteiger partial charge in [-0.2, -0.15) is 0 Å². The van der Waals surface area contributed by atoms with Gasteiger partial charge in [0.05, 0.1) is 12.2 Å². The fourth-order valence-electron chi connectivity index (χ4n) is 2.24.